The second-order valence-electron chi connectivity index (χ2n) is 3.24. The molecule has 0 saturated carbocycles. The summed E-state index contributed by atoms with van der Waals surface area (Å²) < 4.78 is 1.01. The van der Waals surface area contributed by atoms with Crippen molar-refractivity contribution in [3.8, 4) is 0 Å². The number of amides is 1. The number of rotatable bonds is 3. The quantitative estimate of drug-likeness (QED) is 0.745. The van der Waals surface area contributed by atoms with E-state index in [-0.39, 0.29) is 5.91 Å². The van der Waals surface area contributed by atoms with Crippen LogP contribution in [-0.2, 0) is 4.79 Å². The fourth-order valence-corrected chi connectivity index (χ4v) is 1.45. The Bertz CT molecular complexity index is 370. The summed E-state index contributed by atoms with van der Waals surface area (Å²) in [5.74, 6) is 0.119. The van der Waals surface area contributed by atoms with Crippen molar-refractivity contribution in [2.45, 2.75) is 13.0 Å². The fraction of sp³-hybridized carbons (Fsp3) is 0.300. The van der Waals surface area contributed by atoms with Crippen LogP contribution in [0.25, 0.3) is 0 Å². The first kappa shape index (κ1) is 12.5. The summed E-state index contributed by atoms with van der Waals surface area (Å²) in [5, 5.41) is 2.73. The van der Waals surface area contributed by atoms with Crippen molar-refractivity contribution in [3.63, 3.8) is 0 Å². The molecular weight excluding hydrogens is 276 g/mol. The minimum absolute atomic E-state index is 0.216. The third-order valence-electron chi connectivity index (χ3n) is 1.96. The predicted molar refractivity (Wildman–Crippen MR) is 69.3 cm³/mol. The topological polar surface area (TPSA) is 55.1 Å². The van der Waals surface area contributed by atoms with Crippen LogP contribution in [0.4, 0.5) is 5.69 Å². The summed E-state index contributed by atoms with van der Waals surface area (Å²) in [6, 6.07) is 5.02. The second-order valence-corrected chi connectivity index (χ2v) is 4.46. The van der Waals surface area contributed by atoms with E-state index in [1.54, 1.807) is 0 Å². The molecule has 0 saturated heterocycles. The van der Waals surface area contributed by atoms with Gasteiger partial charge in [-0.05, 0) is 30.7 Å². The summed E-state index contributed by atoms with van der Waals surface area (Å²) >= 11 is 7.35. The van der Waals surface area contributed by atoms with Crippen LogP contribution in [-0.4, -0.2) is 17.7 Å². The lowest BCUT2D eigenvalue weighted by Crippen LogP contribution is -2.37. The number of hydrogen-bond acceptors (Lipinski definition) is 3. The zero-order valence-corrected chi connectivity index (χ0v) is 10.8. The largest absolute Gasteiger partial charge is 0.325 e. The summed E-state index contributed by atoms with van der Waals surface area (Å²) in [5.41, 5.74) is 7.34. The molecule has 3 nitrogen and oxygen atoms in total. The number of hydrogen-bond donors (Lipinski definition) is 3. The molecule has 1 atom stereocenters. The van der Waals surface area contributed by atoms with E-state index in [4.69, 9.17) is 5.73 Å². The van der Waals surface area contributed by atoms with Crippen LogP contribution in [0.15, 0.2) is 22.7 Å². The van der Waals surface area contributed by atoms with Gasteiger partial charge in [0.15, 0.2) is 0 Å². The molecule has 15 heavy (non-hydrogen) atoms. The minimum Gasteiger partial charge on any atom is -0.325 e. The molecule has 82 valence electrons. The summed E-state index contributed by atoms with van der Waals surface area (Å²) in [6.45, 7) is 1.96. The van der Waals surface area contributed by atoms with Crippen LogP contribution in [0, 0.1) is 6.92 Å². The lowest BCUT2D eigenvalue weighted by atomic mass is 10.2. The van der Waals surface area contributed by atoms with Gasteiger partial charge >= 0.3 is 0 Å². The monoisotopic (exact) mass is 288 g/mol. The molecule has 0 aliphatic rings. The molecule has 1 amide bonds. The number of benzene rings is 1. The Morgan fingerprint density at radius 3 is 2.87 bits per heavy atom. The van der Waals surface area contributed by atoms with Gasteiger partial charge in [0.25, 0.3) is 0 Å². The van der Waals surface area contributed by atoms with Crippen LogP contribution in [0.1, 0.15) is 5.56 Å². The Kier molecular flexibility index (Phi) is 4.63. The number of carbonyl (C=O) groups is 1. The third-order valence-corrected chi connectivity index (χ3v) is 3.24. The average molecular weight is 289 g/mol. The number of halogens is 1. The minimum atomic E-state index is -0.572. The number of nitrogens with two attached hydrogens (primary N) is 1. The maximum Gasteiger partial charge on any atom is 0.242 e. The van der Waals surface area contributed by atoms with Gasteiger partial charge in [-0.3, -0.25) is 4.79 Å². The summed E-state index contributed by atoms with van der Waals surface area (Å²) in [4.78, 5) is 11.4. The van der Waals surface area contributed by atoms with Crippen molar-refractivity contribution in [1.29, 1.82) is 0 Å². The molecule has 0 aliphatic heterocycles. The highest BCUT2D eigenvalue weighted by Gasteiger charge is 2.11. The fourth-order valence-electron chi connectivity index (χ4n) is 1.04. The van der Waals surface area contributed by atoms with Crippen LogP contribution >= 0.6 is 28.6 Å². The van der Waals surface area contributed by atoms with E-state index >= 15 is 0 Å². The number of nitrogens with one attached hydrogen (secondary N) is 1. The Labute approximate surface area is 103 Å². The van der Waals surface area contributed by atoms with Crippen molar-refractivity contribution in [3.05, 3.63) is 28.2 Å². The molecule has 0 aromatic heterocycles. The average Bonchev–Trinajstić information content (AvgIpc) is 2.22. The van der Waals surface area contributed by atoms with Crippen molar-refractivity contribution in [2.24, 2.45) is 5.73 Å². The molecule has 1 aromatic carbocycles. The van der Waals surface area contributed by atoms with E-state index in [1.165, 1.54) is 0 Å². The Morgan fingerprint density at radius 1 is 1.67 bits per heavy atom. The van der Waals surface area contributed by atoms with Gasteiger partial charge in [-0.15, -0.1) is 0 Å². The Balaban J connectivity index is 2.73. The number of aryl methyl sites for hydroxylation is 1. The molecule has 0 fully saturated rings. The molecule has 1 aromatic rings. The first-order chi connectivity index (χ1) is 7.04. The van der Waals surface area contributed by atoms with Gasteiger partial charge in [-0.2, -0.15) is 12.6 Å². The van der Waals surface area contributed by atoms with E-state index in [1.807, 2.05) is 25.1 Å². The first-order valence-electron chi connectivity index (χ1n) is 4.48. The Morgan fingerprint density at radius 2 is 2.33 bits per heavy atom. The van der Waals surface area contributed by atoms with Crippen molar-refractivity contribution >= 4 is 40.2 Å². The highest BCUT2D eigenvalue weighted by molar-refractivity contribution is 9.10. The van der Waals surface area contributed by atoms with E-state index in [0.29, 0.717) is 5.75 Å². The van der Waals surface area contributed by atoms with Crippen LogP contribution in [0.3, 0.4) is 0 Å². The van der Waals surface area contributed by atoms with Crippen LogP contribution in [0.2, 0.25) is 0 Å². The van der Waals surface area contributed by atoms with Gasteiger partial charge in [0.05, 0.1) is 6.04 Å². The summed E-state index contributed by atoms with van der Waals surface area (Å²) in [7, 11) is 0. The van der Waals surface area contributed by atoms with E-state index in [0.717, 1.165) is 15.7 Å². The maximum atomic E-state index is 11.4. The molecule has 1 rings (SSSR count). The molecule has 0 heterocycles. The molecule has 0 spiro atoms. The van der Waals surface area contributed by atoms with Gasteiger partial charge < -0.3 is 11.1 Å². The molecule has 0 radical (unpaired) electrons. The highest BCUT2D eigenvalue weighted by Crippen LogP contribution is 2.19. The molecule has 3 N–H and O–H groups in total. The van der Waals surface area contributed by atoms with Gasteiger partial charge in [0, 0.05) is 15.9 Å². The normalized spacial score (nSPS) is 12.3. The smallest absolute Gasteiger partial charge is 0.242 e. The molecule has 5 heteroatoms. The molecular formula is C10H13BrN2OS. The van der Waals surface area contributed by atoms with Gasteiger partial charge in [-0.1, -0.05) is 15.9 Å². The lowest BCUT2D eigenvalue weighted by molar-refractivity contribution is -0.116. The van der Waals surface area contributed by atoms with Crippen molar-refractivity contribution in [2.75, 3.05) is 11.1 Å². The number of thiol groups is 1. The number of carbonyl (C=O) groups excluding carboxylic acids is 1. The van der Waals surface area contributed by atoms with Gasteiger partial charge in [0.2, 0.25) is 5.91 Å². The van der Waals surface area contributed by atoms with E-state index in [2.05, 4.69) is 33.9 Å². The highest BCUT2D eigenvalue weighted by atomic mass is 79.9. The molecule has 1 unspecified atom stereocenters. The van der Waals surface area contributed by atoms with Gasteiger partial charge in [0.1, 0.15) is 0 Å². The zero-order valence-electron chi connectivity index (χ0n) is 8.33. The molecule has 0 bridgehead atoms. The SMILES string of the molecule is Cc1cc(NC(=O)C(N)CS)ccc1Br. The van der Waals surface area contributed by atoms with Crippen molar-refractivity contribution < 1.29 is 4.79 Å². The van der Waals surface area contributed by atoms with Gasteiger partial charge in [-0.25, -0.2) is 0 Å². The van der Waals surface area contributed by atoms with E-state index in [9.17, 15) is 4.79 Å². The first-order valence-corrected chi connectivity index (χ1v) is 5.90. The molecule has 0 aliphatic carbocycles. The second kappa shape index (κ2) is 5.53. The lowest BCUT2D eigenvalue weighted by Gasteiger charge is -2.10. The maximum absolute atomic E-state index is 11.4. The predicted octanol–water partition coefficient (Wildman–Crippen LogP) is 1.95. The zero-order chi connectivity index (χ0) is 11.4. The Hall–Kier alpha value is -0.520. The standard InChI is InChI=1S/C10H13BrN2OS/c1-6-4-7(2-3-8(6)11)13-10(14)9(12)5-15/h2-4,9,15H,5,12H2,1H3,(H,13,14). The van der Waals surface area contributed by atoms with Crippen molar-refractivity contribution in [1.82, 2.24) is 0 Å². The number of anilines is 1. The van der Waals surface area contributed by atoms with Crippen LogP contribution in [0.5, 0.6) is 0 Å². The summed E-state index contributed by atoms with van der Waals surface area (Å²) in [6.07, 6.45) is 0. The van der Waals surface area contributed by atoms with E-state index < -0.39 is 6.04 Å². The third kappa shape index (κ3) is 3.52. The van der Waals surface area contributed by atoms with Crippen LogP contribution < -0.4 is 11.1 Å².